The molecular weight excluding hydrogens is 400 g/mol. The summed E-state index contributed by atoms with van der Waals surface area (Å²) in [5.74, 6) is 1.23. The van der Waals surface area contributed by atoms with Crippen LogP contribution in [0.4, 0.5) is 5.82 Å². The molecule has 1 aliphatic rings. The minimum atomic E-state index is -3.40. The van der Waals surface area contributed by atoms with Gasteiger partial charge in [-0.2, -0.15) is 0 Å². The highest BCUT2D eigenvalue weighted by Gasteiger charge is 2.23. The number of sulfonamides is 1. The van der Waals surface area contributed by atoms with Gasteiger partial charge in [0, 0.05) is 32.0 Å². The zero-order chi connectivity index (χ0) is 16.3. The van der Waals surface area contributed by atoms with E-state index in [9.17, 15) is 8.42 Å². The van der Waals surface area contributed by atoms with Crippen molar-refractivity contribution in [1.82, 2.24) is 14.7 Å². The van der Waals surface area contributed by atoms with Gasteiger partial charge in [-0.05, 0) is 46.8 Å². The van der Waals surface area contributed by atoms with Gasteiger partial charge in [-0.3, -0.25) is 4.98 Å². The summed E-state index contributed by atoms with van der Waals surface area (Å²) in [5, 5.41) is 0. The third-order valence-corrected chi connectivity index (χ3v) is 7.40. The van der Waals surface area contributed by atoms with E-state index < -0.39 is 10.0 Å². The molecule has 0 amide bonds. The predicted octanol–water partition coefficient (Wildman–Crippen LogP) is 2.50. The number of piperidine rings is 1. The molecule has 1 aliphatic heterocycles. The monoisotopic (exact) mass is 416 g/mol. The third-order valence-electron chi connectivity index (χ3n) is 3.86. The second-order valence-corrected chi connectivity index (χ2v) is 9.86. The lowest BCUT2D eigenvalue weighted by Crippen LogP contribution is -2.38. The van der Waals surface area contributed by atoms with E-state index in [0.29, 0.717) is 16.7 Å². The number of hydrogen-bond donors (Lipinski definition) is 1. The largest absolute Gasteiger partial charge is 0.355 e. The third kappa shape index (κ3) is 4.28. The first-order chi connectivity index (χ1) is 11.0. The Kier molecular flexibility index (Phi) is 5.30. The molecule has 0 radical (unpaired) electrons. The maximum absolute atomic E-state index is 12.2. The van der Waals surface area contributed by atoms with Crippen molar-refractivity contribution in [3.8, 4) is 0 Å². The van der Waals surface area contributed by atoms with Gasteiger partial charge in [-0.25, -0.2) is 18.1 Å². The van der Waals surface area contributed by atoms with E-state index in [1.165, 1.54) is 11.3 Å². The molecule has 0 aliphatic carbocycles. The molecule has 23 heavy (non-hydrogen) atoms. The van der Waals surface area contributed by atoms with Gasteiger partial charge in [-0.1, -0.05) is 0 Å². The zero-order valence-corrected chi connectivity index (χ0v) is 15.6. The SMILES string of the molecule is O=S(=O)(NCC1CCN(c2cnccn2)CC1)c1ccc(Br)s1. The van der Waals surface area contributed by atoms with Gasteiger partial charge < -0.3 is 4.90 Å². The van der Waals surface area contributed by atoms with Crippen LogP contribution in [0.3, 0.4) is 0 Å². The Morgan fingerprint density at radius 2 is 2.09 bits per heavy atom. The molecule has 1 fully saturated rings. The molecular formula is C14H17BrN4O2S2. The fourth-order valence-corrected chi connectivity index (χ4v) is 5.73. The van der Waals surface area contributed by atoms with Gasteiger partial charge >= 0.3 is 0 Å². The van der Waals surface area contributed by atoms with Crippen molar-refractivity contribution in [3.05, 3.63) is 34.5 Å². The summed E-state index contributed by atoms with van der Waals surface area (Å²) in [5.41, 5.74) is 0. The summed E-state index contributed by atoms with van der Waals surface area (Å²) in [6.45, 7) is 2.22. The van der Waals surface area contributed by atoms with Crippen LogP contribution in [0.5, 0.6) is 0 Å². The molecule has 0 atom stereocenters. The van der Waals surface area contributed by atoms with E-state index in [1.807, 2.05) is 0 Å². The molecule has 2 aromatic rings. The van der Waals surface area contributed by atoms with E-state index >= 15 is 0 Å². The summed E-state index contributed by atoms with van der Waals surface area (Å²) in [6.07, 6.45) is 6.99. The summed E-state index contributed by atoms with van der Waals surface area (Å²) < 4.78 is 28.3. The molecule has 0 unspecified atom stereocenters. The van der Waals surface area contributed by atoms with Crippen LogP contribution < -0.4 is 9.62 Å². The molecule has 3 heterocycles. The Morgan fingerprint density at radius 1 is 1.30 bits per heavy atom. The lowest BCUT2D eigenvalue weighted by atomic mass is 9.97. The van der Waals surface area contributed by atoms with Gasteiger partial charge in [0.05, 0.1) is 9.98 Å². The second-order valence-electron chi connectivity index (χ2n) is 5.40. The Bertz CT molecular complexity index is 743. The van der Waals surface area contributed by atoms with E-state index in [2.05, 4.69) is 35.5 Å². The topological polar surface area (TPSA) is 75.2 Å². The molecule has 3 rings (SSSR count). The van der Waals surface area contributed by atoms with Gasteiger partial charge in [-0.15, -0.1) is 11.3 Å². The van der Waals surface area contributed by atoms with Gasteiger partial charge in [0.15, 0.2) is 0 Å². The molecule has 124 valence electrons. The van der Waals surface area contributed by atoms with Crippen LogP contribution in [0, 0.1) is 5.92 Å². The van der Waals surface area contributed by atoms with Crippen molar-refractivity contribution < 1.29 is 8.42 Å². The van der Waals surface area contributed by atoms with Crippen LogP contribution in [0.2, 0.25) is 0 Å². The highest BCUT2D eigenvalue weighted by molar-refractivity contribution is 9.11. The molecule has 2 aromatic heterocycles. The summed E-state index contributed by atoms with van der Waals surface area (Å²) in [4.78, 5) is 10.6. The van der Waals surface area contributed by atoms with Crippen LogP contribution in [0.1, 0.15) is 12.8 Å². The van der Waals surface area contributed by atoms with E-state index in [-0.39, 0.29) is 0 Å². The summed E-state index contributed by atoms with van der Waals surface area (Å²) in [7, 11) is -3.40. The van der Waals surface area contributed by atoms with Crippen molar-refractivity contribution in [2.45, 2.75) is 17.1 Å². The first kappa shape index (κ1) is 16.8. The molecule has 1 N–H and O–H groups in total. The molecule has 0 bridgehead atoms. The van der Waals surface area contributed by atoms with Crippen molar-refractivity contribution in [2.75, 3.05) is 24.5 Å². The average Bonchev–Trinajstić information content (AvgIpc) is 3.02. The first-order valence-corrected chi connectivity index (χ1v) is 10.4. The Labute approximate surface area is 148 Å². The lowest BCUT2D eigenvalue weighted by Gasteiger charge is -2.32. The van der Waals surface area contributed by atoms with Crippen molar-refractivity contribution in [2.24, 2.45) is 5.92 Å². The maximum Gasteiger partial charge on any atom is 0.250 e. The second kappa shape index (κ2) is 7.25. The number of nitrogens with one attached hydrogen (secondary N) is 1. The lowest BCUT2D eigenvalue weighted by molar-refractivity contribution is 0.400. The molecule has 0 saturated carbocycles. The van der Waals surface area contributed by atoms with E-state index in [1.54, 1.807) is 30.7 Å². The average molecular weight is 417 g/mol. The summed E-state index contributed by atoms with van der Waals surface area (Å²) >= 11 is 4.51. The normalized spacial score (nSPS) is 16.7. The Morgan fingerprint density at radius 3 is 2.70 bits per heavy atom. The van der Waals surface area contributed by atoms with Crippen LogP contribution in [0.25, 0.3) is 0 Å². The number of anilines is 1. The van der Waals surface area contributed by atoms with E-state index in [4.69, 9.17) is 0 Å². The van der Waals surface area contributed by atoms with Crippen molar-refractivity contribution >= 4 is 43.1 Å². The minimum absolute atomic E-state index is 0.348. The van der Waals surface area contributed by atoms with Crippen molar-refractivity contribution in [1.29, 1.82) is 0 Å². The number of halogens is 1. The van der Waals surface area contributed by atoms with Gasteiger partial charge in [0.25, 0.3) is 0 Å². The maximum atomic E-state index is 12.2. The number of nitrogens with zero attached hydrogens (tertiary/aromatic N) is 3. The van der Waals surface area contributed by atoms with Crippen molar-refractivity contribution in [3.63, 3.8) is 0 Å². The quantitative estimate of drug-likeness (QED) is 0.809. The fourth-order valence-electron chi connectivity index (χ4n) is 2.56. The number of thiophene rings is 1. The highest BCUT2D eigenvalue weighted by atomic mass is 79.9. The summed E-state index contributed by atoms with van der Waals surface area (Å²) in [6, 6.07) is 3.37. The predicted molar refractivity (Wildman–Crippen MR) is 94.2 cm³/mol. The minimum Gasteiger partial charge on any atom is -0.355 e. The zero-order valence-electron chi connectivity index (χ0n) is 12.4. The van der Waals surface area contributed by atoms with Crippen LogP contribution in [-0.4, -0.2) is 38.0 Å². The van der Waals surface area contributed by atoms with Gasteiger partial charge in [0.2, 0.25) is 10.0 Å². The number of rotatable bonds is 5. The van der Waals surface area contributed by atoms with Gasteiger partial charge in [0.1, 0.15) is 10.0 Å². The Balaban J connectivity index is 1.51. The van der Waals surface area contributed by atoms with Crippen LogP contribution in [0.15, 0.2) is 38.7 Å². The van der Waals surface area contributed by atoms with Crippen LogP contribution >= 0.6 is 27.3 Å². The first-order valence-electron chi connectivity index (χ1n) is 7.30. The fraction of sp³-hybridized carbons (Fsp3) is 0.429. The molecule has 0 aromatic carbocycles. The molecule has 1 saturated heterocycles. The number of hydrogen-bond acceptors (Lipinski definition) is 6. The molecule has 0 spiro atoms. The van der Waals surface area contributed by atoms with E-state index in [0.717, 1.165) is 35.5 Å². The standard InChI is InChI=1S/C14H17BrN4O2S2/c15-12-1-2-14(22-12)23(20,21)18-9-11-3-7-19(8-4-11)13-10-16-5-6-17-13/h1-2,5-6,10-11,18H,3-4,7-9H2. The van der Waals surface area contributed by atoms with Crippen LogP contribution in [-0.2, 0) is 10.0 Å². The smallest absolute Gasteiger partial charge is 0.250 e. The molecule has 9 heteroatoms. The number of aromatic nitrogens is 2. The molecule has 6 nitrogen and oxygen atoms in total. The highest BCUT2D eigenvalue weighted by Crippen LogP contribution is 2.26. The Hall–Kier alpha value is -1.03.